The van der Waals surface area contributed by atoms with Crippen LogP contribution in [0.1, 0.15) is 21.5 Å². The first-order valence-corrected chi connectivity index (χ1v) is 8.07. The van der Waals surface area contributed by atoms with E-state index in [-0.39, 0.29) is 0 Å². The summed E-state index contributed by atoms with van der Waals surface area (Å²) in [4.78, 5) is 10.7. The maximum atomic E-state index is 10.7. The third kappa shape index (κ3) is 3.84. The fourth-order valence-corrected chi connectivity index (χ4v) is 2.82. The van der Waals surface area contributed by atoms with E-state index in [0.29, 0.717) is 12.2 Å². The molecule has 0 amide bonds. The minimum absolute atomic E-state index is 0.473. The molecular formula is C21H17ClO2. The first-order chi connectivity index (χ1) is 11.7. The molecule has 3 rings (SSSR count). The van der Waals surface area contributed by atoms with Crippen LogP contribution in [0.5, 0.6) is 5.75 Å². The minimum Gasteiger partial charge on any atom is -0.489 e. The maximum Gasteiger partial charge on any atom is 0.150 e. The molecule has 0 fully saturated rings. The summed E-state index contributed by atoms with van der Waals surface area (Å²) in [5, 5.41) is 0.745. The highest BCUT2D eigenvalue weighted by atomic mass is 35.5. The number of aryl methyl sites for hydroxylation is 1. The predicted molar refractivity (Wildman–Crippen MR) is 97.8 cm³/mol. The SMILES string of the molecule is Cc1cc(Cl)ccc1-c1cccc(COc2ccc(C=O)cc2)c1. The van der Waals surface area contributed by atoms with Crippen molar-refractivity contribution in [2.45, 2.75) is 13.5 Å². The first kappa shape index (κ1) is 16.3. The van der Waals surface area contributed by atoms with E-state index in [1.165, 1.54) is 0 Å². The van der Waals surface area contributed by atoms with Crippen LogP contribution in [0.25, 0.3) is 11.1 Å². The number of hydrogen-bond acceptors (Lipinski definition) is 2. The quantitative estimate of drug-likeness (QED) is 0.558. The largest absolute Gasteiger partial charge is 0.489 e. The summed E-state index contributed by atoms with van der Waals surface area (Å²) in [6.45, 7) is 2.53. The standard InChI is InChI=1S/C21H17ClO2/c1-15-11-19(22)7-10-21(15)18-4-2-3-17(12-18)14-24-20-8-5-16(13-23)6-9-20/h2-13H,14H2,1H3. The smallest absolute Gasteiger partial charge is 0.150 e. The molecule has 3 aromatic rings. The molecule has 120 valence electrons. The van der Waals surface area contributed by atoms with E-state index >= 15 is 0 Å². The van der Waals surface area contributed by atoms with E-state index in [1.807, 2.05) is 30.3 Å². The van der Waals surface area contributed by atoms with Crippen LogP contribution in [0.3, 0.4) is 0 Å². The van der Waals surface area contributed by atoms with Gasteiger partial charge in [0, 0.05) is 10.6 Å². The summed E-state index contributed by atoms with van der Waals surface area (Å²) >= 11 is 6.03. The molecular weight excluding hydrogens is 320 g/mol. The topological polar surface area (TPSA) is 26.3 Å². The Kier molecular flexibility index (Phi) is 4.97. The molecule has 2 nitrogen and oxygen atoms in total. The summed E-state index contributed by atoms with van der Waals surface area (Å²) < 4.78 is 5.79. The van der Waals surface area contributed by atoms with Gasteiger partial charge in [0.15, 0.2) is 0 Å². The summed E-state index contributed by atoms with van der Waals surface area (Å²) in [6, 6.07) is 21.3. The van der Waals surface area contributed by atoms with Crippen molar-refractivity contribution in [2.24, 2.45) is 0 Å². The number of benzene rings is 3. The third-order valence-electron chi connectivity index (χ3n) is 3.85. The van der Waals surface area contributed by atoms with Crippen molar-refractivity contribution in [3.05, 3.63) is 88.4 Å². The van der Waals surface area contributed by atoms with E-state index in [9.17, 15) is 4.79 Å². The van der Waals surface area contributed by atoms with Crippen LogP contribution in [0.4, 0.5) is 0 Å². The fourth-order valence-electron chi connectivity index (χ4n) is 2.59. The number of carbonyl (C=O) groups is 1. The lowest BCUT2D eigenvalue weighted by Gasteiger charge is -2.10. The van der Waals surface area contributed by atoms with Gasteiger partial charge in [0.2, 0.25) is 0 Å². The van der Waals surface area contributed by atoms with Gasteiger partial charge in [-0.3, -0.25) is 4.79 Å². The highest BCUT2D eigenvalue weighted by Gasteiger charge is 2.04. The molecule has 0 heterocycles. The molecule has 0 unspecified atom stereocenters. The number of aldehydes is 1. The Labute approximate surface area is 146 Å². The monoisotopic (exact) mass is 336 g/mol. The Hall–Kier alpha value is -2.58. The Morgan fingerprint density at radius 2 is 1.79 bits per heavy atom. The van der Waals surface area contributed by atoms with Gasteiger partial charge in [-0.2, -0.15) is 0 Å². The molecule has 0 saturated carbocycles. The molecule has 0 aliphatic heterocycles. The summed E-state index contributed by atoms with van der Waals surface area (Å²) in [7, 11) is 0. The second kappa shape index (κ2) is 7.33. The van der Waals surface area contributed by atoms with Gasteiger partial charge in [0.1, 0.15) is 18.6 Å². The molecule has 24 heavy (non-hydrogen) atoms. The highest BCUT2D eigenvalue weighted by Crippen LogP contribution is 2.27. The highest BCUT2D eigenvalue weighted by molar-refractivity contribution is 6.30. The summed E-state index contributed by atoms with van der Waals surface area (Å²) in [5.74, 6) is 0.744. The number of carbonyl (C=O) groups excluding carboxylic acids is 1. The zero-order valence-electron chi connectivity index (χ0n) is 13.3. The summed E-state index contributed by atoms with van der Waals surface area (Å²) in [6.07, 6.45) is 0.821. The lowest BCUT2D eigenvalue weighted by Crippen LogP contribution is -1.96. The van der Waals surface area contributed by atoms with Gasteiger partial charge >= 0.3 is 0 Å². The van der Waals surface area contributed by atoms with Crippen molar-refractivity contribution < 1.29 is 9.53 Å². The van der Waals surface area contributed by atoms with Crippen LogP contribution < -0.4 is 4.74 Å². The molecule has 0 atom stereocenters. The number of hydrogen-bond donors (Lipinski definition) is 0. The number of ether oxygens (including phenoxy) is 1. The van der Waals surface area contributed by atoms with Crippen molar-refractivity contribution in [3.63, 3.8) is 0 Å². The van der Waals surface area contributed by atoms with Crippen molar-refractivity contribution in [2.75, 3.05) is 0 Å². The second-order valence-electron chi connectivity index (χ2n) is 5.64. The van der Waals surface area contributed by atoms with Gasteiger partial charge < -0.3 is 4.74 Å². The van der Waals surface area contributed by atoms with Gasteiger partial charge in [-0.05, 0) is 71.6 Å². The van der Waals surface area contributed by atoms with Gasteiger partial charge in [-0.15, -0.1) is 0 Å². The van der Waals surface area contributed by atoms with Crippen LogP contribution in [0, 0.1) is 6.92 Å². The van der Waals surface area contributed by atoms with Crippen molar-refractivity contribution in [3.8, 4) is 16.9 Å². The molecule has 0 N–H and O–H groups in total. The van der Waals surface area contributed by atoms with E-state index < -0.39 is 0 Å². The van der Waals surface area contributed by atoms with Crippen LogP contribution in [0.15, 0.2) is 66.7 Å². The predicted octanol–water partition coefficient (Wildman–Crippen LogP) is 5.71. The third-order valence-corrected chi connectivity index (χ3v) is 4.08. The molecule has 3 heteroatoms. The van der Waals surface area contributed by atoms with Gasteiger partial charge in [0.05, 0.1) is 0 Å². The van der Waals surface area contributed by atoms with E-state index in [4.69, 9.17) is 16.3 Å². The van der Waals surface area contributed by atoms with E-state index in [0.717, 1.165) is 39.3 Å². The zero-order valence-corrected chi connectivity index (χ0v) is 14.1. The van der Waals surface area contributed by atoms with Crippen LogP contribution in [0.2, 0.25) is 5.02 Å². The molecule has 0 aromatic heterocycles. The summed E-state index contributed by atoms with van der Waals surface area (Å²) in [5.41, 5.74) is 5.17. The van der Waals surface area contributed by atoms with Crippen LogP contribution in [-0.4, -0.2) is 6.29 Å². The average Bonchev–Trinajstić information content (AvgIpc) is 2.60. The minimum atomic E-state index is 0.473. The maximum absolute atomic E-state index is 10.7. The van der Waals surface area contributed by atoms with Crippen molar-refractivity contribution >= 4 is 17.9 Å². The second-order valence-corrected chi connectivity index (χ2v) is 6.07. The van der Waals surface area contributed by atoms with Crippen molar-refractivity contribution in [1.82, 2.24) is 0 Å². The number of halogens is 1. The average molecular weight is 337 g/mol. The Bertz CT molecular complexity index is 854. The number of rotatable bonds is 5. The Balaban J connectivity index is 1.76. The molecule has 0 bridgehead atoms. The van der Waals surface area contributed by atoms with Gasteiger partial charge in [-0.1, -0.05) is 35.9 Å². The molecule has 3 aromatic carbocycles. The van der Waals surface area contributed by atoms with Crippen LogP contribution in [-0.2, 0) is 6.61 Å². The van der Waals surface area contributed by atoms with Gasteiger partial charge in [-0.25, -0.2) is 0 Å². The van der Waals surface area contributed by atoms with Gasteiger partial charge in [0.25, 0.3) is 0 Å². The molecule has 0 saturated heterocycles. The normalized spacial score (nSPS) is 10.4. The Morgan fingerprint density at radius 3 is 2.50 bits per heavy atom. The molecule has 0 aliphatic carbocycles. The van der Waals surface area contributed by atoms with E-state index in [1.54, 1.807) is 24.3 Å². The molecule has 0 spiro atoms. The van der Waals surface area contributed by atoms with Crippen molar-refractivity contribution in [1.29, 1.82) is 0 Å². The van der Waals surface area contributed by atoms with E-state index in [2.05, 4.69) is 19.1 Å². The fraction of sp³-hybridized carbons (Fsp3) is 0.0952. The molecule has 0 aliphatic rings. The zero-order chi connectivity index (χ0) is 16.9. The lowest BCUT2D eigenvalue weighted by molar-refractivity contribution is 0.112. The van der Waals surface area contributed by atoms with Crippen LogP contribution >= 0.6 is 11.6 Å². The Morgan fingerprint density at radius 1 is 1.00 bits per heavy atom. The molecule has 0 radical (unpaired) electrons. The first-order valence-electron chi connectivity index (χ1n) is 7.69. The lowest BCUT2D eigenvalue weighted by atomic mass is 9.99.